The molecular weight excluding hydrogens is 510 g/mol. The number of thiazole rings is 1. The number of pyridine rings is 1. The third-order valence-electron chi connectivity index (χ3n) is 6.97. The standard InChI is InChI=1S/C29H27N7O2S/c1-34-14-16-35(17-15-34)22-9-7-20(8-10-22)23-11-12-24-25(32-23)28(38)36(19-31-24)26(21-5-3-2-4-6-21)27(37)33-29-30-13-18-39-29/h2-13,18-19,26H,14-17H2,1H3,(H,30,33,37). The topological polar surface area (TPSA) is 96.3 Å². The summed E-state index contributed by atoms with van der Waals surface area (Å²) >= 11 is 1.31. The van der Waals surface area contributed by atoms with Gasteiger partial charge in [0, 0.05) is 49.0 Å². The Morgan fingerprint density at radius 3 is 2.44 bits per heavy atom. The van der Waals surface area contributed by atoms with Gasteiger partial charge in [-0.15, -0.1) is 11.3 Å². The molecule has 10 heteroatoms. The lowest BCUT2D eigenvalue weighted by Crippen LogP contribution is -2.44. The van der Waals surface area contributed by atoms with Gasteiger partial charge in [0.25, 0.3) is 11.5 Å². The van der Waals surface area contributed by atoms with E-state index in [1.807, 2.05) is 48.5 Å². The van der Waals surface area contributed by atoms with Gasteiger partial charge in [-0.2, -0.15) is 0 Å². The largest absolute Gasteiger partial charge is 0.369 e. The number of nitrogens with zero attached hydrogens (tertiary/aromatic N) is 6. The highest BCUT2D eigenvalue weighted by Gasteiger charge is 2.26. The molecule has 1 aliphatic heterocycles. The van der Waals surface area contributed by atoms with E-state index in [9.17, 15) is 9.59 Å². The predicted octanol–water partition coefficient (Wildman–Crippen LogP) is 3.89. The molecule has 1 N–H and O–H groups in total. The molecule has 0 spiro atoms. The van der Waals surface area contributed by atoms with Crippen LogP contribution in [0.2, 0.25) is 0 Å². The lowest BCUT2D eigenvalue weighted by atomic mass is 10.1. The quantitative estimate of drug-likeness (QED) is 0.351. The third-order valence-corrected chi connectivity index (χ3v) is 7.66. The molecule has 1 aliphatic rings. The molecule has 1 unspecified atom stereocenters. The molecule has 4 heterocycles. The monoisotopic (exact) mass is 537 g/mol. The fourth-order valence-electron chi connectivity index (χ4n) is 4.80. The van der Waals surface area contributed by atoms with Crippen molar-refractivity contribution < 1.29 is 4.79 Å². The number of amides is 1. The summed E-state index contributed by atoms with van der Waals surface area (Å²) < 4.78 is 1.34. The molecule has 0 bridgehead atoms. The maximum Gasteiger partial charge on any atom is 0.280 e. The highest BCUT2D eigenvalue weighted by molar-refractivity contribution is 7.13. The van der Waals surface area contributed by atoms with Gasteiger partial charge < -0.3 is 9.80 Å². The molecule has 1 fully saturated rings. The maximum absolute atomic E-state index is 13.8. The van der Waals surface area contributed by atoms with Crippen LogP contribution in [0.3, 0.4) is 0 Å². The molecule has 5 aromatic rings. The number of aromatic nitrogens is 4. The van der Waals surface area contributed by atoms with Crippen molar-refractivity contribution in [2.24, 2.45) is 0 Å². The van der Waals surface area contributed by atoms with Crippen molar-refractivity contribution in [1.82, 2.24) is 24.4 Å². The summed E-state index contributed by atoms with van der Waals surface area (Å²) in [5, 5.41) is 5.06. The first-order valence-electron chi connectivity index (χ1n) is 12.7. The molecule has 1 atom stereocenters. The summed E-state index contributed by atoms with van der Waals surface area (Å²) in [6.45, 7) is 4.07. The Morgan fingerprint density at radius 1 is 0.949 bits per heavy atom. The Kier molecular flexibility index (Phi) is 6.87. The van der Waals surface area contributed by atoms with Crippen LogP contribution >= 0.6 is 11.3 Å². The van der Waals surface area contributed by atoms with Crippen molar-refractivity contribution in [3.05, 3.63) is 101 Å². The first kappa shape index (κ1) is 24.9. The Balaban J connectivity index is 1.35. The summed E-state index contributed by atoms with van der Waals surface area (Å²) in [5.74, 6) is -0.380. The van der Waals surface area contributed by atoms with Crippen molar-refractivity contribution in [3.63, 3.8) is 0 Å². The number of fused-ring (bicyclic) bond motifs is 1. The fourth-order valence-corrected chi connectivity index (χ4v) is 5.33. The highest BCUT2D eigenvalue weighted by atomic mass is 32.1. The van der Waals surface area contributed by atoms with Crippen molar-refractivity contribution in [3.8, 4) is 11.3 Å². The van der Waals surface area contributed by atoms with E-state index in [-0.39, 0.29) is 17.0 Å². The van der Waals surface area contributed by atoms with E-state index in [1.165, 1.54) is 27.9 Å². The molecule has 0 aliphatic carbocycles. The van der Waals surface area contributed by atoms with Gasteiger partial charge in [-0.25, -0.2) is 15.0 Å². The maximum atomic E-state index is 13.8. The van der Waals surface area contributed by atoms with Crippen LogP contribution in [0, 0.1) is 0 Å². The van der Waals surface area contributed by atoms with Crippen LogP contribution < -0.4 is 15.8 Å². The number of hydrogen-bond acceptors (Lipinski definition) is 8. The number of benzene rings is 2. The van der Waals surface area contributed by atoms with Gasteiger partial charge in [-0.1, -0.05) is 42.5 Å². The number of nitrogens with one attached hydrogen (secondary N) is 1. The van der Waals surface area contributed by atoms with Gasteiger partial charge >= 0.3 is 0 Å². The zero-order valence-corrected chi connectivity index (χ0v) is 22.2. The Bertz CT molecular complexity index is 1650. The van der Waals surface area contributed by atoms with Crippen molar-refractivity contribution in [2.45, 2.75) is 6.04 Å². The van der Waals surface area contributed by atoms with Gasteiger partial charge in [0.05, 0.1) is 17.5 Å². The summed E-state index contributed by atoms with van der Waals surface area (Å²) in [6.07, 6.45) is 3.03. The summed E-state index contributed by atoms with van der Waals surface area (Å²) in [6, 6.07) is 20.2. The highest BCUT2D eigenvalue weighted by Crippen LogP contribution is 2.25. The molecule has 1 saturated heterocycles. The second-order valence-electron chi connectivity index (χ2n) is 9.50. The smallest absolute Gasteiger partial charge is 0.280 e. The van der Waals surface area contributed by atoms with Gasteiger partial charge in [0.15, 0.2) is 10.6 Å². The molecule has 196 valence electrons. The van der Waals surface area contributed by atoms with E-state index in [4.69, 9.17) is 4.98 Å². The fraction of sp³-hybridized carbons (Fsp3) is 0.207. The number of piperazine rings is 1. The van der Waals surface area contributed by atoms with Crippen LogP contribution in [-0.4, -0.2) is 63.6 Å². The average molecular weight is 538 g/mol. The number of hydrogen-bond donors (Lipinski definition) is 1. The summed E-state index contributed by atoms with van der Waals surface area (Å²) in [5.41, 5.74) is 3.71. The third kappa shape index (κ3) is 5.16. The van der Waals surface area contributed by atoms with Crippen molar-refractivity contribution >= 4 is 39.1 Å². The molecule has 0 radical (unpaired) electrons. The minimum absolute atomic E-state index is 0.209. The normalized spacial score (nSPS) is 14.8. The van der Waals surface area contributed by atoms with Crippen LogP contribution in [0.1, 0.15) is 11.6 Å². The average Bonchev–Trinajstić information content (AvgIpc) is 3.48. The molecular formula is C29H27N7O2S. The minimum Gasteiger partial charge on any atom is -0.369 e. The van der Waals surface area contributed by atoms with Crippen LogP contribution in [-0.2, 0) is 4.79 Å². The molecule has 0 saturated carbocycles. The van der Waals surface area contributed by atoms with Crippen molar-refractivity contribution in [1.29, 1.82) is 0 Å². The minimum atomic E-state index is -0.937. The Morgan fingerprint density at radius 2 is 1.72 bits per heavy atom. The SMILES string of the molecule is CN1CCN(c2ccc(-c3ccc4ncn(C(C(=O)Nc5nccs5)c5ccccc5)c(=O)c4n3)cc2)CC1. The lowest BCUT2D eigenvalue weighted by Gasteiger charge is -2.34. The first-order chi connectivity index (χ1) is 19.1. The summed E-state index contributed by atoms with van der Waals surface area (Å²) in [7, 11) is 2.14. The number of carbonyl (C=O) groups excluding carboxylic acids is 1. The molecule has 9 nitrogen and oxygen atoms in total. The lowest BCUT2D eigenvalue weighted by molar-refractivity contribution is -0.118. The predicted molar refractivity (Wildman–Crippen MR) is 154 cm³/mol. The van der Waals surface area contributed by atoms with E-state index in [1.54, 1.807) is 17.6 Å². The van der Waals surface area contributed by atoms with Crippen molar-refractivity contribution in [2.75, 3.05) is 43.4 Å². The molecule has 2 aromatic carbocycles. The van der Waals surface area contributed by atoms with Gasteiger partial charge in [0.1, 0.15) is 6.04 Å². The number of anilines is 2. The van der Waals surface area contributed by atoms with E-state index >= 15 is 0 Å². The van der Waals surface area contributed by atoms with E-state index in [0.717, 1.165) is 31.7 Å². The van der Waals surface area contributed by atoms with Gasteiger partial charge in [-0.3, -0.25) is 19.5 Å². The Hall–Kier alpha value is -4.41. The molecule has 1 amide bonds. The number of likely N-dealkylation sites (N-methyl/N-ethyl adjacent to an activating group) is 1. The second kappa shape index (κ2) is 10.8. The molecule has 39 heavy (non-hydrogen) atoms. The van der Waals surface area contributed by atoms with Crippen LogP contribution in [0.15, 0.2) is 89.4 Å². The summed E-state index contributed by atoms with van der Waals surface area (Å²) in [4.78, 5) is 45.2. The molecule has 6 rings (SSSR count). The number of rotatable bonds is 6. The van der Waals surface area contributed by atoms with Gasteiger partial charge in [-0.05, 0) is 36.9 Å². The number of carbonyl (C=O) groups is 1. The zero-order valence-electron chi connectivity index (χ0n) is 21.4. The van der Waals surface area contributed by atoms with E-state index in [2.05, 4.69) is 44.3 Å². The molecule has 3 aromatic heterocycles. The van der Waals surface area contributed by atoms with E-state index < -0.39 is 6.04 Å². The zero-order chi connectivity index (χ0) is 26.8. The van der Waals surface area contributed by atoms with E-state index in [0.29, 0.717) is 21.9 Å². The second-order valence-corrected chi connectivity index (χ2v) is 10.4. The van der Waals surface area contributed by atoms with Crippen LogP contribution in [0.25, 0.3) is 22.3 Å². The Labute approximate surface area is 229 Å². The van der Waals surface area contributed by atoms with Crippen LogP contribution in [0.5, 0.6) is 0 Å². The van der Waals surface area contributed by atoms with Gasteiger partial charge in [0.2, 0.25) is 0 Å². The van der Waals surface area contributed by atoms with Crippen LogP contribution in [0.4, 0.5) is 10.8 Å². The first-order valence-corrected chi connectivity index (χ1v) is 13.6.